The highest BCUT2D eigenvalue weighted by Crippen LogP contribution is 2.29. The number of benzene rings is 2. The van der Waals surface area contributed by atoms with E-state index in [-0.39, 0.29) is 18.7 Å². The van der Waals surface area contributed by atoms with Gasteiger partial charge in [-0.25, -0.2) is 4.39 Å². The van der Waals surface area contributed by atoms with Gasteiger partial charge in [0.05, 0.1) is 18.1 Å². The summed E-state index contributed by atoms with van der Waals surface area (Å²) in [5.41, 5.74) is -0.0971. The number of carbonyl (C=O) groups is 1. The minimum atomic E-state index is -0.756. The average molecular weight is 346 g/mol. The molecule has 0 saturated carbocycles. The highest BCUT2D eigenvalue weighted by molar-refractivity contribution is 5.95. The van der Waals surface area contributed by atoms with E-state index in [2.05, 4.69) is 0 Å². The van der Waals surface area contributed by atoms with Crippen molar-refractivity contribution in [3.8, 4) is 5.75 Å². The van der Waals surface area contributed by atoms with E-state index in [4.69, 9.17) is 4.74 Å². The number of hydrogen-bond acceptors (Lipinski definition) is 5. The van der Waals surface area contributed by atoms with Crippen LogP contribution >= 0.6 is 0 Å². The molecule has 2 aromatic carbocycles. The molecule has 0 spiro atoms. The Bertz CT molecular complexity index is 826. The molecule has 1 aliphatic rings. The van der Waals surface area contributed by atoms with Gasteiger partial charge in [0, 0.05) is 23.7 Å². The molecule has 7 nitrogen and oxygen atoms in total. The van der Waals surface area contributed by atoms with Gasteiger partial charge in [-0.05, 0) is 18.2 Å². The molecule has 2 aromatic rings. The molecular formula is C17H15FN2O5. The minimum absolute atomic E-state index is 0.0821. The first kappa shape index (κ1) is 16.8. The normalized spacial score (nSPS) is 17.3. The quantitative estimate of drug-likeness (QED) is 0.681. The molecule has 1 saturated heterocycles. The van der Waals surface area contributed by atoms with E-state index >= 15 is 0 Å². The van der Waals surface area contributed by atoms with E-state index in [9.17, 15) is 24.4 Å². The van der Waals surface area contributed by atoms with Crippen LogP contribution in [0, 0.1) is 15.9 Å². The number of amides is 1. The molecule has 1 aliphatic heterocycles. The summed E-state index contributed by atoms with van der Waals surface area (Å²) < 4.78 is 19.5. The Morgan fingerprint density at radius 1 is 1.32 bits per heavy atom. The van der Waals surface area contributed by atoms with Crippen LogP contribution in [0.2, 0.25) is 0 Å². The lowest BCUT2D eigenvalue weighted by molar-refractivity contribution is -0.385. The van der Waals surface area contributed by atoms with Crippen LogP contribution in [0.15, 0.2) is 42.5 Å². The summed E-state index contributed by atoms with van der Waals surface area (Å²) in [6.45, 7) is 0.651. The lowest BCUT2D eigenvalue weighted by Crippen LogP contribution is -2.42. The maximum Gasteiger partial charge on any atom is 0.311 e. The van der Waals surface area contributed by atoms with Crippen molar-refractivity contribution in [2.45, 2.75) is 6.10 Å². The zero-order valence-corrected chi connectivity index (χ0v) is 13.1. The van der Waals surface area contributed by atoms with Gasteiger partial charge < -0.3 is 14.7 Å². The summed E-state index contributed by atoms with van der Waals surface area (Å²) in [6.07, 6.45) is -0.606. The van der Waals surface area contributed by atoms with E-state index in [1.165, 1.54) is 17.0 Å². The number of aromatic hydroxyl groups is 1. The first-order chi connectivity index (χ1) is 12.0. The number of hydrogen-bond donors (Lipinski definition) is 1. The van der Waals surface area contributed by atoms with E-state index in [0.29, 0.717) is 12.1 Å². The highest BCUT2D eigenvalue weighted by Gasteiger charge is 2.28. The molecule has 25 heavy (non-hydrogen) atoms. The smallest absolute Gasteiger partial charge is 0.311 e. The second-order valence-electron chi connectivity index (χ2n) is 5.59. The summed E-state index contributed by atoms with van der Waals surface area (Å²) in [5.74, 6) is -1.36. The number of rotatable bonds is 3. The fraction of sp³-hybridized carbons (Fsp3) is 0.235. The number of morpholine rings is 1. The molecule has 1 N–H and O–H groups in total. The highest BCUT2D eigenvalue weighted by atomic mass is 19.1. The summed E-state index contributed by atoms with van der Waals surface area (Å²) >= 11 is 0. The first-order valence-electron chi connectivity index (χ1n) is 7.60. The van der Waals surface area contributed by atoms with Crippen molar-refractivity contribution in [3.05, 3.63) is 69.5 Å². The summed E-state index contributed by atoms with van der Waals surface area (Å²) in [7, 11) is 0. The molecular weight excluding hydrogens is 331 g/mol. The number of nitrogens with zero attached hydrogens (tertiary/aromatic N) is 2. The third kappa shape index (κ3) is 3.43. The largest absolute Gasteiger partial charge is 0.502 e. The van der Waals surface area contributed by atoms with Gasteiger partial charge in [-0.2, -0.15) is 0 Å². The van der Waals surface area contributed by atoms with E-state index in [1.807, 2.05) is 0 Å². The Morgan fingerprint density at radius 3 is 2.80 bits per heavy atom. The number of nitro benzene ring substituents is 1. The molecule has 130 valence electrons. The zero-order chi connectivity index (χ0) is 18.0. The third-order valence-corrected chi connectivity index (χ3v) is 4.02. The molecule has 0 bridgehead atoms. The topological polar surface area (TPSA) is 92.9 Å². The van der Waals surface area contributed by atoms with Crippen molar-refractivity contribution >= 4 is 11.6 Å². The maximum atomic E-state index is 13.9. The van der Waals surface area contributed by atoms with Crippen molar-refractivity contribution in [2.24, 2.45) is 0 Å². The van der Waals surface area contributed by atoms with Crippen LogP contribution in [0.25, 0.3) is 0 Å². The molecule has 1 atom stereocenters. The fourth-order valence-corrected chi connectivity index (χ4v) is 2.74. The Kier molecular flexibility index (Phi) is 4.62. The van der Waals surface area contributed by atoms with Gasteiger partial charge in [0.1, 0.15) is 11.9 Å². The number of nitro groups is 1. The number of ether oxygens (including phenoxy) is 1. The molecule has 0 aromatic heterocycles. The standard InChI is InChI=1S/C17H15FN2O5/c18-13-4-2-1-3-12(13)16-10-19(7-8-25-16)17(22)11-5-6-15(21)14(9-11)20(23)24/h1-6,9,16,21H,7-8,10H2. The molecule has 1 amide bonds. The van der Waals surface area contributed by atoms with Gasteiger partial charge in [0.15, 0.2) is 5.75 Å². The predicted octanol–water partition coefficient (Wildman–Crippen LogP) is 2.65. The van der Waals surface area contributed by atoms with Gasteiger partial charge in [0.25, 0.3) is 5.91 Å². The van der Waals surface area contributed by atoms with E-state index in [0.717, 1.165) is 12.1 Å². The van der Waals surface area contributed by atoms with Crippen molar-refractivity contribution in [1.82, 2.24) is 4.90 Å². The Balaban J connectivity index is 1.82. The van der Waals surface area contributed by atoms with Gasteiger partial charge in [-0.3, -0.25) is 14.9 Å². The molecule has 1 unspecified atom stereocenters. The lowest BCUT2D eigenvalue weighted by atomic mass is 10.1. The van der Waals surface area contributed by atoms with Crippen LogP contribution in [-0.4, -0.2) is 40.5 Å². The number of phenols is 1. The maximum absolute atomic E-state index is 13.9. The van der Waals surface area contributed by atoms with Gasteiger partial charge in [0.2, 0.25) is 0 Å². The van der Waals surface area contributed by atoms with E-state index in [1.54, 1.807) is 18.2 Å². The number of phenolic OH excluding ortho intramolecular Hbond substituents is 1. The fourth-order valence-electron chi connectivity index (χ4n) is 2.74. The van der Waals surface area contributed by atoms with Crippen LogP contribution in [-0.2, 0) is 4.74 Å². The zero-order valence-electron chi connectivity index (χ0n) is 13.1. The Hall–Kier alpha value is -3.00. The van der Waals surface area contributed by atoms with Crippen molar-refractivity contribution < 1.29 is 24.0 Å². The minimum Gasteiger partial charge on any atom is -0.502 e. The second kappa shape index (κ2) is 6.86. The van der Waals surface area contributed by atoms with Gasteiger partial charge in [-0.15, -0.1) is 0 Å². The Labute approximate surface area is 142 Å². The molecule has 0 aliphatic carbocycles. The second-order valence-corrected chi connectivity index (χ2v) is 5.59. The molecule has 8 heteroatoms. The van der Waals surface area contributed by atoms with Crippen LogP contribution in [0.5, 0.6) is 5.75 Å². The Morgan fingerprint density at radius 2 is 2.08 bits per heavy atom. The molecule has 0 radical (unpaired) electrons. The van der Waals surface area contributed by atoms with Crippen LogP contribution in [0.1, 0.15) is 22.0 Å². The first-order valence-corrected chi connectivity index (χ1v) is 7.60. The lowest BCUT2D eigenvalue weighted by Gasteiger charge is -2.33. The average Bonchev–Trinajstić information content (AvgIpc) is 2.62. The summed E-state index contributed by atoms with van der Waals surface area (Å²) in [5, 5.41) is 20.4. The number of carbonyl (C=O) groups excluding carboxylic acids is 1. The van der Waals surface area contributed by atoms with Crippen LogP contribution in [0.3, 0.4) is 0 Å². The predicted molar refractivity (Wildman–Crippen MR) is 85.8 cm³/mol. The monoisotopic (exact) mass is 346 g/mol. The molecule has 1 fully saturated rings. The summed E-state index contributed by atoms with van der Waals surface area (Å²) in [6, 6.07) is 9.64. The van der Waals surface area contributed by atoms with Gasteiger partial charge in [-0.1, -0.05) is 18.2 Å². The molecule has 1 heterocycles. The van der Waals surface area contributed by atoms with E-state index < -0.39 is 34.2 Å². The number of halogens is 1. The van der Waals surface area contributed by atoms with Crippen LogP contribution < -0.4 is 0 Å². The third-order valence-electron chi connectivity index (χ3n) is 4.02. The SMILES string of the molecule is O=C(c1ccc(O)c([N+](=O)[O-])c1)N1CCOC(c2ccccc2F)C1. The molecule has 3 rings (SSSR count). The van der Waals surface area contributed by atoms with Crippen molar-refractivity contribution in [1.29, 1.82) is 0 Å². The van der Waals surface area contributed by atoms with Crippen LogP contribution in [0.4, 0.5) is 10.1 Å². The van der Waals surface area contributed by atoms with Crippen molar-refractivity contribution in [3.63, 3.8) is 0 Å². The van der Waals surface area contributed by atoms with Gasteiger partial charge >= 0.3 is 5.69 Å². The van der Waals surface area contributed by atoms with Crippen molar-refractivity contribution in [2.75, 3.05) is 19.7 Å². The summed E-state index contributed by atoms with van der Waals surface area (Å²) in [4.78, 5) is 24.2.